The molecule has 3 rings (SSSR count). The number of para-hydroxylation sites is 1. The van der Waals surface area contributed by atoms with E-state index in [-0.39, 0.29) is 26.1 Å². The molecule has 2 atom stereocenters. The largest absolute Gasteiger partial charge is 0.492 e. The fourth-order valence-corrected chi connectivity index (χ4v) is 3.99. The predicted octanol–water partition coefficient (Wildman–Crippen LogP) is 2.32. The van der Waals surface area contributed by atoms with E-state index in [1.165, 1.54) is 18.6 Å². The van der Waals surface area contributed by atoms with Crippen LogP contribution >= 0.6 is 0 Å². The molecule has 1 heterocycles. The molecule has 12 heteroatoms. The van der Waals surface area contributed by atoms with Crippen molar-refractivity contribution in [3.8, 4) is 5.75 Å². The maximum absolute atomic E-state index is 13.2. The maximum atomic E-state index is 13.2. The molecule has 226 valence electrons. The molecule has 0 aliphatic carbocycles. The van der Waals surface area contributed by atoms with E-state index in [2.05, 4.69) is 35.1 Å². The quantitative estimate of drug-likeness (QED) is 0.379. The van der Waals surface area contributed by atoms with Crippen LogP contribution in [0.5, 0.6) is 5.75 Å². The van der Waals surface area contributed by atoms with Crippen LogP contribution in [0.15, 0.2) is 48.5 Å². The molecule has 1 aliphatic heterocycles. The Morgan fingerprint density at radius 3 is 2.37 bits per heavy atom. The van der Waals surface area contributed by atoms with Crippen molar-refractivity contribution in [1.29, 1.82) is 0 Å². The number of rotatable bonds is 3. The zero-order valence-corrected chi connectivity index (χ0v) is 23.5. The van der Waals surface area contributed by atoms with Crippen molar-refractivity contribution in [2.75, 3.05) is 32.8 Å². The van der Waals surface area contributed by atoms with Crippen LogP contribution in [-0.2, 0) is 33.4 Å². The third kappa shape index (κ3) is 11.8. The monoisotopic (exact) mass is 579 g/mol. The summed E-state index contributed by atoms with van der Waals surface area (Å²) >= 11 is 0. The normalized spacial score (nSPS) is 19.5. The number of fused-ring (bicyclic) bond motifs is 1. The molecule has 41 heavy (non-hydrogen) atoms. The van der Waals surface area contributed by atoms with Crippen LogP contribution in [0.4, 0.5) is 13.2 Å². The lowest BCUT2D eigenvalue weighted by Gasteiger charge is -2.21. The number of amides is 3. The van der Waals surface area contributed by atoms with Gasteiger partial charge in [-0.2, -0.15) is 13.2 Å². The van der Waals surface area contributed by atoms with Gasteiger partial charge in [0, 0.05) is 19.6 Å². The summed E-state index contributed by atoms with van der Waals surface area (Å²) in [6.45, 7) is 4.46. The second kappa shape index (κ2) is 17.2. The SMILES string of the molecule is CCC.NCC1NC(=O)CNC(=O)[C@@H](Cc2cccc(C(F)(F)F)c2)NCCOc2ccccc2CCCNC1=O. The van der Waals surface area contributed by atoms with Gasteiger partial charge < -0.3 is 31.7 Å². The van der Waals surface area contributed by atoms with Gasteiger partial charge in [-0.05, 0) is 42.5 Å². The fraction of sp³-hybridized carbons (Fsp3) is 0.483. The highest BCUT2D eigenvalue weighted by molar-refractivity contribution is 5.91. The van der Waals surface area contributed by atoms with Crippen LogP contribution in [0.3, 0.4) is 0 Å². The average molecular weight is 580 g/mol. The molecule has 0 bridgehead atoms. The van der Waals surface area contributed by atoms with Gasteiger partial charge >= 0.3 is 6.18 Å². The highest BCUT2D eigenvalue weighted by Gasteiger charge is 2.31. The molecule has 1 unspecified atom stereocenters. The van der Waals surface area contributed by atoms with Gasteiger partial charge in [-0.3, -0.25) is 14.4 Å². The van der Waals surface area contributed by atoms with Crippen LogP contribution < -0.4 is 31.7 Å². The number of nitrogens with one attached hydrogen (secondary N) is 4. The highest BCUT2D eigenvalue weighted by Crippen LogP contribution is 2.29. The number of carbonyl (C=O) groups excluding carboxylic acids is 3. The van der Waals surface area contributed by atoms with Crippen LogP contribution in [0.25, 0.3) is 0 Å². The minimum absolute atomic E-state index is 0.0538. The Labute approximate surface area is 238 Å². The minimum atomic E-state index is -4.52. The van der Waals surface area contributed by atoms with Gasteiger partial charge in [-0.15, -0.1) is 0 Å². The Morgan fingerprint density at radius 1 is 0.951 bits per heavy atom. The first kappa shape index (κ1) is 33.6. The highest BCUT2D eigenvalue weighted by atomic mass is 19.4. The molecule has 0 aromatic heterocycles. The smallest absolute Gasteiger partial charge is 0.416 e. The van der Waals surface area contributed by atoms with Crippen molar-refractivity contribution < 1.29 is 32.3 Å². The molecule has 0 fully saturated rings. The zero-order chi connectivity index (χ0) is 30.3. The Bertz CT molecular complexity index is 1130. The van der Waals surface area contributed by atoms with Gasteiger partial charge in [-0.25, -0.2) is 0 Å². The van der Waals surface area contributed by atoms with Crippen molar-refractivity contribution in [1.82, 2.24) is 21.3 Å². The molecule has 0 saturated heterocycles. The summed E-state index contributed by atoms with van der Waals surface area (Å²) in [4.78, 5) is 37.7. The van der Waals surface area contributed by atoms with E-state index < -0.39 is 48.1 Å². The molecule has 0 spiro atoms. The maximum Gasteiger partial charge on any atom is 0.416 e. The molecule has 6 N–H and O–H groups in total. The summed E-state index contributed by atoms with van der Waals surface area (Å²) in [5.74, 6) is -0.998. The number of halogens is 3. The average Bonchev–Trinajstić information content (AvgIpc) is 2.94. The number of ether oxygens (including phenoxy) is 1. The van der Waals surface area contributed by atoms with Crippen molar-refractivity contribution in [3.05, 3.63) is 65.2 Å². The lowest BCUT2D eigenvalue weighted by Crippen LogP contribution is -2.54. The van der Waals surface area contributed by atoms with Gasteiger partial charge in [0.05, 0.1) is 18.2 Å². The van der Waals surface area contributed by atoms with Gasteiger partial charge in [0.2, 0.25) is 17.7 Å². The number of hydrogen-bond donors (Lipinski definition) is 5. The molecule has 2 aromatic rings. The summed E-state index contributed by atoms with van der Waals surface area (Å²) in [5.41, 5.74) is 6.06. The Kier molecular flexibility index (Phi) is 14.1. The Balaban J connectivity index is 0.00000187. The van der Waals surface area contributed by atoms with E-state index in [4.69, 9.17) is 10.5 Å². The molecule has 2 aromatic carbocycles. The van der Waals surface area contributed by atoms with E-state index in [1.54, 1.807) is 0 Å². The second-order valence-corrected chi connectivity index (χ2v) is 9.54. The van der Waals surface area contributed by atoms with E-state index >= 15 is 0 Å². The molecular formula is C29H40F3N5O4. The molecule has 3 amide bonds. The molecule has 0 radical (unpaired) electrons. The van der Waals surface area contributed by atoms with E-state index in [0.29, 0.717) is 30.7 Å². The Morgan fingerprint density at radius 2 is 1.66 bits per heavy atom. The number of aryl methyl sites for hydroxylation is 1. The molecular weight excluding hydrogens is 539 g/mol. The van der Waals surface area contributed by atoms with Crippen LogP contribution in [0.2, 0.25) is 0 Å². The molecule has 0 saturated carbocycles. The first-order valence-electron chi connectivity index (χ1n) is 13.7. The van der Waals surface area contributed by atoms with Crippen molar-refractivity contribution >= 4 is 17.7 Å². The van der Waals surface area contributed by atoms with Crippen LogP contribution in [0, 0.1) is 0 Å². The summed E-state index contributed by atoms with van der Waals surface area (Å²) in [6.07, 6.45) is -2.06. The standard InChI is InChI=1S/C26H32F3N5O4.C3H8/c27-26(28,29)19-8-3-5-17(13-19)14-20-24(36)33-16-23(35)34-21(15-30)25(37)32-10-4-7-18-6-1-2-9-22(18)38-12-11-31-20;1-3-2/h1-3,5-6,8-9,13,20-21,31H,4,7,10-12,14-16,30H2,(H,32,37)(H,33,36)(H,34,35);3H2,1-2H3/t20-,21?;/m1./s1. The van der Waals surface area contributed by atoms with Crippen molar-refractivity contribution in [2.24, 2.45) is 5.73 Å². The van der Waals surface area contributed by atoms with Crippen molar-refractivity contribution in [2.45, 2.75) is 57.8 Å². The van der Waals surface area contributed by atoms with Gasteiger partial charge in [-0.1, -0.05) is 56.7 Å². The van der Waals surface area contributed by atoms with Crippen molar-refractivity contribution in [3.63, 3.8) is 0 Å². The number of alkyl halides is 3. The first-order chi connectivity index (χ1) is 19.6. The van der Waals surface area contributed by atoms with E-state index in [1.807, 2.05) is 24.3 Å². The number of carbonyl (C=O) groups is 3. The van der Waals surface area contributed by atoms with E-state index in [9.17, 15) is 27.6 Å². The predicted molar refractivity (Wildman–Crippen MR) is 150 cm³/mol. The fourth-order valence-electron chi connectivity index (χ4n) is 3.99. The van der Waals surface area contributed by atoms with Gasteiger partial charge in [0.15, 0.2) is 0 Å². The number of nitrogens with two attached hydrogens (primary N) is 1. The third-order valence-corrected chi connectivity index (χ3v) is 5.97. The second-order valence-electron chi connectivity index (χ2n) is 9.54. The summed E-state index contributed by atoms with van der Waals surface area (Å²) in [7, 11) is 0. The molecule has 1 aliphatic rings. The summed E-state index contributed by atoms with van der Waals surface area (Å²) in [6, 6.07) is 10.2. The number of benzene rings is 2. The third-order valence-electron chi connectivity index (χ3n) is 5.97. The topological polar surface area (TPSA) is 135 Å². The van der Waals surface area contributed by atoms with Gasteiger partial charge in [0.1, 0.15) is 18.4 Å². The lowest BCUT2D eigenvalue weighted by molar-refractivity contribution is -0.137. The number of hydrogen-bond acceptors (Lipinski definition) is 6. The van der Waals surface area contributed by atoms with Gasteiger partial charge in [0.25, 0.3) is 0 Å². The summed E-state index contributed by atoms with van der Waals surface area (Å²) < 4.78 is 45.4. The van der Waals surface area contributed by atoms with Crippen LogP contribution in [0.1, 0.15) is 43.4 Å². The van der Waals surface area contributed by atoms with E-state index in [0.717, 1.165) is 17.7 Å². The molecule has 9 nitrogen and oxygen atoms in total. The zero-order valence-electron chi connectivity index (χ0n) is 23.5. The van der Waals surface area contributed by atoms with Crippen LogP contribution in [-0.4, -0.2) is 62.6 Å². The Hall–Kier alpha value is -3.64. The lowest BCUT2D eigenvalue weighted by atomic mass is 10.0. The summed E-state index contributed by atoms with van der Waals surface area (Å²) in [5, 5.41) is 10.7. The minimum Gasteiger partial charge on any atom is -0.492 e. The first-order valence-corrected chi connectivity index (χ1v) is 13.7.